The Hall–Kier alpha value is -4.04. The normalized spacial score (nSPS) is 13.9. The number of alkyl carbamates (subject to hydrolysis) is 1. The maximum absolute atomic E-state index is 13.8. The molecule has 2 rings (SSSR count). The summed E-state index contributed by atoms with van der Waals surface area (Å²) in [4.78, 5) is 40.2. The van der Waals surface area contributed by atoms with Crippen LogP contribution in [-0.4, -0.2) is 70.6 Å². The smallest absolute Gasteiger partial charge is 0.408 e. The Morgan fingerprint density at radius 1 is 0.804 bits per heavy atom. The molecule has 0 radical (unpaired) electrons. The molecule has 2 amide bonds. The molecule has 0 aliphatic rings. The van der Waals surface area contributed by atoms with Gasteiger partial charge in [-0.25, -0.2) is 9.59 Å². The topological polar surface area (TPSA) is 165 Å². The van der Waals surface area contributed by atoms with Gasteiger partial charge in [-0.05, 0) is 54.0 Å². The van der Waals surface area contributed by atoms with E-state index in [1.165, 1.54) is 28.3 Å². The molecule has 0 bridgehead atoms. The predicted octanol–water partition coefficient (Wildman–Crippen LogP) is 4.26. The molecule has 0 fully saturated rings. The van der Waals surface area contributed by atoms with Crippen molar-refractivity contribution in [3.63, 3.8) is 0 Å². The summed E-state index contributed by atoms with van der Waals surface area (Å²) in [5.74, 6) is -1.30. The van der Waals surface area contributed by atoms with Crippen molar-refractivity contribution >= 4 is 28.1 Å². The second kappa shape index (κ2) is 15.5. The first-order valence-corrected chi connectivity index (χ1v) is 16.0. The highest BCUT2D eigenvalue weighted by molar-refractivity contribution is 7.85. The van der Waals surface area contributed by atoms with E-state index in [2.05, 4.69) is 10.6 Å². The maximum atomic E-state index is 13.8. The van der Waals surface area contributed by atoms with Crippen molar-refractivity contribution in [2.24, 2.45) is 0 Å². The van der Waals surface area contributed by atoms with Gasteiger partial charge in [0, 0.05) is 18.6 Å². The van der Waals surface area contributed by atoms with Gasteiger partial charge in [0.1, 0.15) is 39.7 Å². The van der Waals surface area contributed by atoms with Gasteiger partial charge in [-0.15, -0.1) is 0 Å². The molecule has 0 aliphatic carbocycles. The summed E-state index contributed by atoms with van der Waals surface area (Å²) in [6, 6.07) is 11.4. The molecule has 0 saturated heterocycles. The zero-order chi connectivity index (χ0) is 34.9. The fraction of sp³-hybridized carbons (Fsp3) is 0.531. The van der Waals surface area contributed by atoms with E-state index in [-0.39, 0.29) is 6.54 Å². The number of esters is 1. The number of hydrogen-bond donors (Lipinski definition) is 2. The summed E-state index contributed by atoms with van der Waals surface area (Å²) in [5, 5.41) is 5.12. The molecule has 14 heteroatoms. The molecule has 0 unspecified atom stereocenters. The third-order valence-corrected chi connectivity index (χ3v) is 7.43. The Morgan fingerprint density at radius 2 is 1.35 bits per heavy atom. The van der Waals surface area contributed by atoms with Gasteiger partial charge in [0.2, 0.25) is 0 Å². The van der Waals surface area contributed by atoms with Gasteiger partial charge in [0.25, 0.3) is 16.0 Å². The maximum Gasteiger partial charge on any atom is 0.408 e. The lowest BCUT2D eigenvalue weighted by atomic mass is 9.93. The van der Waals surface area contributed by atoms with Crippen molar-refractivity contribution in [3.8, 4) is 17.2 Å². The molecule has 256 valence electrons. The molecule has 2 aromatic carbocycles. The van der Waals surface area contributed by atoms with Gasteiger partial charge in [-0.1, -0.05) is 30.3 Å². The Morgan fingerprint density at radius 3 is 1.83 bits per heavy atom. The van der Waals surface area contributed by atoms with E-state index < -0.39 is 63.1 Å². The minimum absolute atomic E-state index is 0.184. The molecule has 0 spiro atoms. The van der Waals surface area contributed by atoms with E-state index in [0.29, 0.717) is 28.4 Å². The number of benzene rings is 2. The molecular weight excluding hydrogens is 620 g/mol. The van der Waals surface area contributed by atoms with E-state index in [1.807, 2.05) is 0 Å². The zero-order valence-corrected chi connectivity index (χ0v) is 29.0. The standard InChI is InChI=1S/C32H46N2O11S/c1-30(2,3)43-28(36)32(7,34-29(37)44-31(4,5)6)18-26(45-46(38,39)20-21-14-12-11-13-15-21)27(35)33-19-23-24(41-9)16-22(40-8)17-25(23)42-10/h11-17,26H,18-20H2,1-10H3,(H,33,35)(H,34,37)/t26-,32-/m0/s1. The quantitative estimate of drug-likeness (QED) is 0.219. The van der Waals surface area contributed by atoms with Crippen LogP contribution in [0.15, 0.2) is 42.5 Å². The van der Waals surface area contributed by atoms with E-state index in [1.54, 1.807) is 84.0 Å². The molecule has 0 saturated carbocycles. The van der Waals surface area contributed by atoms with Crippen LogP contribution in [-0.2, 0) is 45.7 Å². The first-order valence-electron chi connectivity index (χ1n) is 14.5. The third-order valence-electron chi connectivity index (χ3n) is 6.22. The van der Waals surface area contributed by atoms with Gasteiger partial charge >= 0.3 is 12.1 Å². The highest BCUT2D eigenvalue weighted by Crippen LogP contribution is 2.34. The first-order chi connectivity index (χ1) is 21.2. The molecule has 2 atom stereocenters. The number of amides is 2. The third kappa shape index (κ3) is 12.0. The van der Waals surface area contributed by atoms with Gasteiger partial charge in [-0.3, -0.25) is 8.98 Å². The first kappa shape index (κ1) is 38.1. The molecule has 0 aliphatic heterocycles. The molecule has 13 nitrogen and oxygen atoms in total. The van der Waals surface area contributed by atoms with Gasteiger partial charge < -0.3 is 34.3 Å². The van der Waals surface area contributed by atoms with E-state index >= 15 is 0 Å². The van der Waals surface area contributed by atoms with E-state index in [0.717, 1.165) is 0 Å². The lowest BCUT2D eigenvalue weighted by Gasteiger charge is -2.34. The zero-order valence-electron chi connectivity index (χ0n) is 28.1. The van der Waals surface area contributed by atoms with Crippen molar-refractivity contribution in [2.45, 2.75) is 90.0 Å². The lowest BCUT2D eigenvalue weighted by Crippen LogP contribution is -2.58. The van der Waals surface area contributed by atoms with Gasteiger partial charge in [0.15, 0.2) is 6.10 Å². The fourth-order valence-electron chi connectivity index (χ4n) is 4.18. The summed E-state index contributed by atoms with van der Waals surface area (Å²) in [6.45, 7) is 10.9. The summed E-state index contributed by atoms with van der Waals surface area (Å²) in [7, 11) is -0.0835. The SMILES string of the molecule is COc1cc(OC)c(CNC(=O)[C@H](C[C@](C)(NC(=O)OC(C)(C)C)C(=O)OC(C)(C)C)OS(=O)(=O)Cc2ccccc2)c(OC)c1. The van der Waals surface area contributed by atoms with Crippen molar-refractivity contribution in [1.29, 1.82) is 0 Å². The number of rotatable bonds is 14. The summed E-state index contributed by atoms with van der Waals surface area (Å²) < 4.78 is 59.1. The average Bonchev–Trinajstić information content (AvgIpc) is 2.93. The van der Waals surface area contributed by atoms with Crippen LogP contribution in [0.1, 0.15) is 66.0 Å². The van der Waals surface area contributed by atoms with Crippen molar-refractivity contribution in [3.05, 3.63) is 53.6 Å². The number of carbonyl (C=O) groups is 3. The largest absolute Gasteiger partial charge is 0.496 e. The minimum Gasteiger partial charge on any atom is -0.496 e. The summed E-state index contributed by atoms with van der Waals surface area (Å²) >= 11 is 0. The van der Waals surface area contributed by atoms with Crippen molar-refractivity contribution < 1.29 is 50.7 Å². The summed E-state index contributed by atoms with van der Waals surface area (Å²) in [6.07, 6.45) is -3.44. The van der Waals surface area contributed by atoms with Crippen LogP contribution < -0.4 is 24.8 Å². The number of carbonyl (C=O) groups excluding carboxylic acids is 3. The lowest BCUT2D eigenvalue weighted by molar-refractivity contribution is -0.164. The van der Waals surface area contributed by atoms with Gasteiger partial charge in [-0.2, -0.15) is 8.42 Å². The number of methoxy groups -OCH3 is 3. The Balaban J connectivity index is 2.52. The highest BCUT2D eigenvalue weighted by Gasteiger charge is 2.45. The van der Waals surface area contributed by atoms with Crippen LogP contribution in [0.5, 0.6) is 17.2 Å². The van der Waals surface area contributed by atoms with Crippen molar-refractivity contribution in [2.75, 3.05) is 21.3 Å². The molecule has 46 heavy (non-hydrogen) atoms. The number of hydrogen-bond acceptors (Lipinski definition) is 11. The Kier molecular flexibility index (Phi) is 12.9. The van der Waals surface area contributed by atoms with Crippen LogP contribution in [0.2, 0.25) is 0 Å². The monoisotopic (exact) mass is 666 g/mol. The van der Waals surface area contributed by atoms with Crippen LogP contribution >= 0.6 is 0 Å². The Labute approximate surface area is 271 Å². The molecular formula is C32H46N2O11S. The van der Waals surface area contributed by atoms with Crippen LogP contribution in [0.4, 0.5) is 4.79 Å². The average molecular weight is 667 g/mol. The van der Waals surface area contributed by atoms with Crippen LogP contribution in [0.25, 0.3) is 0 Å². The molecule has 2 N–H and O–H groups in total. The second-order valence-electron chi connectivity index (χ2n) is 12.7. The summed E-state index contributed by atoms with van der Waals surface area (Å²) in [5.41, 5.74) is -3.06. The minimum atomic E-state index is -4.41. The number of ether oxygens (including phenoxy) is 5. The highest BCUT2D eigenvalue weighted by atomic mass is 32.2. The fourth-order valence-corrected chi connectivity index (χ4v) is 5.36. The molecule has 2 aromatic rings. The van der Waals surface area contributed by atoms with Crippen LogP contribution in [0, 0.1) is 0 Å². The van der Waals surface area contributed by atoms with Crippen molar-refractivity contribution in [1.82, 2.24) is 10.6 Å². The van der Waals surface area contributed by atoms with Gasteiger partial charge in [0.05, 0.1) is 33.4 Å². The van der Waals surface area contributed by atoms with E-state index in [4.69, 9.17) is 27.9 Å². The van der Waals surface area contributed by atoms with E-state index in [9.17, 15) is 22.8 Å². The molecule has 0 heterocycles. The van der Waals surface area contributed by atoms with Crippen LogP contribution in [0.3, 0.4) is 0 Å². The predicted molar refractivity (Wildman–Crippen MR) is 170 cm³/mol. The number of nitrogens with one attached hydrogen (secondary N) is 2. The Bertz CT molecular complexity index is 1440. The second-order valence-corrected chi connectivity index (χ2v) is 14.3. The molecule has 0 aromatic heterocycles.